The van der Waals surface area contributed by atoms with Gasteiger partial charge in [0.25, 0.3) is 0 Å². The minimum atomic E-state index is -4.97. The number of rotatable bonds is 7. The summed E-state index contributed by atoms with van der Waals surface area (Å²) in [6.45, 7) is 0.0222. The summed E-state index contributed by atoms with van der Waals surface area (Å²) >= 11 is 0. The molecule has 0 aromatic heterocycles. The van der Waals surface area contributed by atoms with E-state index in [2.05, 4.69) is 5.32 Å². The number of sulfone groups is 1. The Bertz CT molecular complexity index is 1010. The highest BCUT2D eigenvalue weighted by Gasteiger charge is 2.38. The topological polar surface area (TPSA) is 92.3 Å². The van der Waals surface area contributed by atoms with Gasteiger partial charge in [0.15, 0.2) is 0 Å². The van der Waals surface area contributed by atoms with Crippen LogP contribution in [-0.4, -0.2) is 37.0 Å². The van der Waals surface area contributed by atoms with Gasteiger partial charge in [-0.25, -0.2) is 21.6 Å². The zero-order chi connectivity index (χ0) is 20.3. The summed E-state index contributed by atoms with van der Waals surface area (Å²) in [7, 11) is -7.22. The number of hydrogen-bond acceptors (Lipinski definition) is 5. The molecule has 0 fully saturated rings. The second kappa shape index (κ2) is 9.23. The number of hydrogen-bond donors (Lipinski definition) is 2. The minimum absolute atomic E-state index is 0. The maximum absolute atomic E-state index is 13.3. The molecular formula is C16H18ClF3N2O4S2. The molecule has 2 rings (SSSR count). The van der Waals surface area contributed by atoms with E-state index in [4.69, 9.17) is 0 Å². The Hall–Kier alpha value is -1.66. The SMILES string of the molecule is CNCCNS(=O)(=O)c1cc(S(=O)(=O)c2ccccc2)ccc1C(F)(F)F.Cl. The Balaban J connectivity index is 0.00000392. The molecule has 0 saturated heterocycles. The Kier molecular flexibility index (Phi) is 8.03. The van der Waals surface area contributed by atoms with Crippen LogP contribution in [0.1, 0.15) is 5.56 Å². The van der Waals surface area contributed by atoms with Crippen LogP contribution in [0.3, 0.4) is 0 Å². The number of sulfonamides is 1. The van der Waals surface area contributed by atoms with Crippen molar-refractivity contribution in [3.05, 3.63) is 54.1 Å². The first-order valence-corrected chi connectivity index (χ1v) is 10.6. The summed E-state index contributed by atoms with van der Waals surface area (Å²) in [6, 6.07) is 8.76. The van der Waals surface area contributed by atoms with Crippen molar-refractivity contribution in [2.45, 2.75) is 20.9 Å². The molecule has 12 heteroatoms. The van der Waals surface area contributed by atoms with Crippen molar-refractivity contribution in [3.8, 4) is 0 Å². The molecule has 0 aliphatic carbocycles. The first-order valence-electron chi connectivity index (χ1n) is 7.66. The molecule has 2 aromatic rings. The maximum atomic E-state index is 13.3. The summed E-state index contributed by atoms with van der Waals surface area (Å²) in [5, 5.41) is 2.65. The molecule has 0 aliphatic heterocycles. The maximum Gasteiger partial charge on any atom is 0.417 e. The number of benzene rings is 2. The zero-order valence-electron chi connectivity index (χ0n) is 14.5. The van der Waals surface area contributed by atoms with E-state index in [1.165, 1.54) is 24.3 Å². The first-order chi connectivity index (χ1) is 12.5. The van der Waals surface area contributed by atoms with Crippen LogP contribution >= 0.6 is 12.4 Å². The van der Waals surface area contributed by atoms with Crippen LogP contribution in [0, 0.1) is 0 Å². The van der Waals surface area contributed by atoms with E-state index in [0.717, 1.165) is 6.07 Å². The molecule has 0 atom stereocenters. The van der Waals surface area contributed by atoms with Gasteiger partial charge in [0.1, 0.15) is 0 Å². The minimum Gasteiger partial charge on any atom is -0.318 e. The van der Waals surface area contributed by atoms with Gasteiger partial charge in [0.2, 0.25) is 19.9 Å². The third-order valence-corrected chi connectivity index (χ3v) is 6.85. The van der Waals surface area contributed by atoms with Gasteiger partial charge in [-0.3, -0.25) is 0 Å². The molecule has 0 unspecified atom stereocenters. The lowest BCUT2D eigenvalue weighted by Crippen LogP contribution is -2.32. The van der Waals surface area contributed by atoms with Crippen molar-refractivity contribution in [3.63, 3.8) is 0 Å². The monoisotopic (exact) mass is 458 g/mol. The van der Waals surface area contributed by atoms with Crippen LogP contribution < -0.4 is 10.0 Å². The lowest BCUT2D eigenvalue weighted by atomic mass is 10.2. The molecule has 0 aliphatic rings. The van der Waals surface area contributed by atoms with Gasteiger partial charge in [0.05, 0.1) is 20.2 Å². The lowest BCUT2D eigenvalue weighted by Gasteiger charge is -2.15. The number of nitrogens with one attached hydrogen (secondary N) is 2. The van der Waals surface area contributed by atoms with Crippen molar-refractivity contribution in [2.75, 3.05) is 20.1 Å². The van der Waals surface area contributed by atoms with Crippen molar-refractivity contribution >= 4 is 32.3 Å². The van der Waals surface area contributed by atoms with E-state index >= 15 is 0 Å². The Morgan fingerprint density at radius 3 is 2.04 bits per heavy atom. The third kappa shape index (κ3) is 5.45. The van der Waals surface area contributed by atoms with Gasteiger partial charge in [0, 0.05) is 13.1 Å². The van der Waals surface area contributed by atoms with E-state index in [-0.39, 0.29) is 30.4 Å². The molecule has 2 N–H and O–H groups in total. The fraction of sp³-hybridized carbons (Fsp3) is 0.250. The highest BCUT2D eigenvalue weighted by Crippen LogP contribution is 2.36. The van der Waals surface area contributed by atoms with E-state index in [0.29, 0.717) is 12.1 Å². The Labute approximate surface area is 167 Å². The molecule has 6 nitrogen and oxygen atoms in total. The second-order valence-electron chi connectivity index (χ2n) is 5.47. The summed E-state index contributed by atoms with van der Waals surface area (Å²) in [5.74, 6) is 0. The molecule has 0 radical (unpaired) electrons. The van der Waals surface area contributed by atoms with Crippen LogP contribution in [-0.2, 0) is 26.0 Å². The fourth-order valence-electron chi connectivity index (χ4n) is 2.25. The van der Waals surface area contributed by atoms with Crippen LogP contribution in [0.4, 0.5) is 13.2 Å². The van der Waals surface area contributed by atoms with Crippen LogP contribution in [0.25, 0.3) is 0 Å². The highest BCUT2D eigenvalue weighted by atomic mass is 35.5. The predicted molar refractivity (Wildman–Crippen MR) is 99.7 cm³/mol. The molecule has 0 bridgehead atoms. The molecule has 0 saturated carbocycles. The summed E-state index contributed by atoms with van der Waals surface area (Å²) in [4.78, 5) is -1.84. The first kappa shape index (κ1) is 24.4. The van der Waals surface area contributed by atoms with Gasteiger partial charge in [-0.15, -0.1) is 12.4 Å². The van der Waals surface area contributed by atoms with Gasteiger partial charge >= 0.3 is 6.18 Å². The quantitative estimate of drug-likeness (QED) is 0.622. The Morgan fingerprint density at radius 1 is 0.893 bits per heavy atom. The largest absolute Gasteiger partial charge is 0.417 e. The number of alkyl halides is 3. The smallest absolute Gasteiger partial charge is 0.318 e. The molecule has 28 heavy (non-hydrogen) atoms. The summed E-state index contributed by atoms with van der Waals surface area (Å²) in [5.41, 5.74) is -1.44. The van der Waals surface area contributed by atoms with Crippen LogP contribution in [0.5, 0.6) is 0 Å². The van der Waals surface area contributed by atoms with Gasteiger partial charge in [-0.1, -0.05) is 18.2 Å². The van der Waals surface area contributed by atoms with Gasteiger partial charge in [-0.05, 0) is 37.4 Å². The van der Waals surface area contributed by atoms with E-state index in [1.54, 1.807) is 13.1 Å². The fourth-order valence-corrected chi connectivity index (χ4v) is 4.91. The molecule has 0 spiro atoms. The van der Waals surface area contributed by atoms with E-state index in [9.17, 15) is 30.0 Å². The zero-order valence-corrected chi connectivity index (χ0v) is 17.0. The standard InChI is InChI=1S/C16H17F3N2O4S2.ClH/c1-20-9-10-21-27(24,25)15-11-13(7-8-14(15)16(17,18)19)26(22,23)12-5-3-2-4-6-12;/h2-8,11,20-21H,9-10H2,1H3;1H. The average molecular weight is 459 g/mol. The molecule has 0 amide bonds. The summed E-state index contributed by atoms with van der Waals surface area (Å²) in [6.07, 6.45) is -4.97. The second-order valence-corrected chi connectivity index (χ2v) is 9.16. The number of halogens is 4. The lowest BCUT2D eigenvalue weighted by molar-refractivity contribution is -0.139. The predicted octanol–water partition coefficient (Wildman–Crippen LogP) is 2.46. The van der Waals surface area contributed by atoms with Crippen molar-refractivity contribution in [1.29, 1.82) is 0 Å². The summed E-state index contributed by atoms with van der Waals surface area (Å²) < 4.78 is 91.8. The average Bonchev–Trinajstić information content (AvgIpc) is 2.61. The molecule has 2 aromatic carbocycles. The van der Waals surface area contributed by atoms with Crippen molar-refractivity contribution in [1.82, 2.24) is 10.0 Å². The van der Waals surface area contributed by atoms with Crippen LogP contribution in [0.15, 0.2) is 63.2 Å². The molecular weight excluding hydrogens is 441 g/mol. The van der Waals surface area contributed by atoms with E-state index < -0.39 is 41.4 Å². The van der Waals surface area contributed by atoms with Gasteiger partial charge in [-0.2, -0.15) is 13.2 Å². The Morgan fingerprint density at radius 2 is 1.50 bits per heavy atom. The molecule has 0 heterocycles. The number of likely N-dealkylation sites (N-methyl/N-ethyl adjacent to an activating group) is 1. The van der Waals surface area contributed by atoms with Crippen molar-refractivity contribution in [2.24, 2.45) is 0 Å². The van der Waals surface area contributed by atoms with Gasteiger partial charge < -0.3 is 5.32 Å². The van der Waals surface area contributed by atoms with Crippen LogP contribution in [0.2, 0.25) is 0 Å². The highest BCUT2D eigenvalue weighted by molar-refractivity contribution is 7.91. The van der Waals surface area contributed by atoms with Crippen molar-refractivity contribution < 1.29 is 30.0 Å². The van der Waals surface area contributed by atoms with E-state index in [1.807, 2.05) is 4.72 Å². The third-order valence-electron chi connectivity index (χ3n) is 3.58. The normalized spacial score (nSPS) is 12.4. The molecule has 156 valence electrons.